The number of hydrogen-bond acceptors (Lipinski definition) is 6. The van der Waals surface area contributed by atoms with Gasteiger partial charge in [0.15, 0.2) is 5.69 Å². The summed E-state index contributed by atoms with van der Waals surface area (Å²) in [4.78, 5) is 18.2. The van der Waals surface area contributed by atoms with Gasteiger partial charge in [-0.1, -0.05) is 81.4 Å². The zero-order valence-corrected chi connectivity index (χ0v) is 19.5. The molecule has 1 aliphatic heterocycles. The average Bonchev–Trinajstić information content (AvgIpc) is 3.22. The molecule has 162 valence electrons. The number of anilines is 1. The van der Waals surface area contributed by atoms with Gasteiger partial charge in [0.25, 0.3) is 6.01 Å². The molecule has 1 aromatic heterocycles. The van der Waals surface area contributed by atoms with Gasteiger partial charge in [-0.25, -0.2) is 4.79 Å². The van der Waals surface area contributed by atoms with Gasteiger partial charge in [0.2, 0.25) is 9.04 Å². The van der Waals surface area contributed by atoms with Crippen molar-refractivity contribution in [2.45, 2.75) is 27.0 Å². The van der Waals surface area contributed by atoms with E-state index in [2.05, 4.69) is 74.3 Å². The summed E-state index contributed by atoms with van der Waals surface area (Å²) in [5.41, 5.74) is 0.209. The van der Waals surface area contributed by atoms with Crippen LogP contribution >= 0.6 is 0 Å². The molecule has 0 N–H and O–H groups in total. The van der Waals surface area contributed by atoms with Gasteiger partial charge in [-0.05, 0) is 15.8 Å². The van der Waals surface area contributed by atoms with E-state index in [9.17, 15) is 4.79 Å². The maximum Gasteiger partial charge on any atom is 0.360 e. The summed E-state index contributed by atoms with van der Waals surface area (Å²) in [6, 6.07) is 21.2. The number of carbonyl (C=O) groups excluding carboxylic acids is 1. The molecule has 0 bridgehead atoms. The number of nitrogens with zero attached hydrogens (tertiary/aromatic N) is 2. The van der Waals surface area contributed by atoms with Crippen molar-refractivity contribution in [1.82, 2.24) is 4.98 Å². The first-order chi connectivity index (χ1) is 14.9. The summed E-state index contributed by atoms with van der Waals surface area (Å²) in [5, 5.41) is 2.44. The largest absolute Gasteiger partial charge is 0.464 e. The van der Waals surface area contributed by atoms with Crippen molar-refractivity contribution in [3.05, 3.63) is 72.6 Å². The van der Waals surface area contributed by atoms with Gasteiger partial charge in [0, 0.05) is 12.5 Å². The van der Waals surface area contributed by atoms with E-state index in [4.69, 9.17) is 13.6 Å². The highest BCUT2D eigenvalue weighted by Gasteiger charge is 2.49. The zero-order valence-electron chi connectivity index (χ0n) is 18.3. The van der Waals surface area contributed by atoms with Crippen LogP contribution in [0, 0.1) is 11.3 Å². The lowest BCUT2D eigenvalue weighted by Gasteiger charge is -2.53. The van der Waals surface area contributed by atoms with Crippen LogP contribution in [0.5, 0.6) is 0 Å². The molecule has 0 radical (unpaired) electrons. The van der Waals surface area contributed by atoms with Crippen molar-refractivity contribution >= 4 is 31.4 Å². The van der Waals surface area contributed by atoms with Crippen molar-refractivity contribution in [1.29, 1.82) is 0 Å². The fraction of sp³-hybridized carbons (Fsp3) is 0.333. The lowest BCUT2D eigenvalue weighted by Crippen LogP contribution is -2.65. The molecular formula is C24H28N2O4Si. The van der Waals surface area contributed by atoms with Crippen molar-refractivity contribution in [2.24, 2.45) is 11.3 Å². The highest BCUT2D eigenvalue weighted by atomic mass is 28.3. The smallest absolute Gasteiger partial charge is 0.360 e. The fourth-order valence-corrected chi connectivity index (χ4v) is 6.34. The monoisotopic (exact) mass is 436 g/mol. The predicted octanol–water partition coefficient (Wildman–Crippen LogP) is 2.82. The second-order valence-corrected chi connectivity index (χ2v) is 11.2. The molecule has 0 saturated carbocycles. The minimum Gasteiger partial charge on any atom is -0.464 e. The third-order valence-electron chi connectivity index (χ3n) is 5.77. The standard InChI is InChI=1S/C24H28N2O4Si/c1-24(2,3)19-15-26(23-25-20(16-29-23)22(27)28-4)21(19)30-31(17-11-7-5-8-12-17)18-13-9-6-10-14-18/h5-14,16,19,21,31H,15H2,1-4H3. The summed E-state index contributed by atoms with van der Waals surface area (Å²) in [5.74, 6) is -0.218. The number of carbonyl (C=O) groups is 1. The van der Waals surface area contributed by atoms with Crippen molar-refractivity contribution in [3.8, 4) is 0 Å². The molecule has 2 aromatic carbocycles. The average molecular weight is 437 g/mol. The predicted molar refractivity (Wildman–Crippen MR) is 122 cm³/mol. The Balaban J connectivity index is 1.66. The van der Waals surface area contributed by atoms with E-state index in [0.717, 1.165) is 6.54 Å². The molecule has 1 aliphatic rings. The fourth-order valence-electron chi connectivity index (χ4n) is 3.88. The molecule has 0 aliphatic carbocycles. The summed E-state index contributed by atoms with van der Waals surface area (Å²) < 4.78 is 17.3. The Morgan fingerprint density at radius 1 is 1.06 bits per heavy atom. The number of hydrogen-bond donors (Lipinski definition) is 0. The van der Waals surface area contributed by atoms with Gasteiger partial charge in [-0.3, -0.25) is 0 Å². The normalized spacial score (nSPS) is 18.7. The van der Waals surface area contributed by atoms with Crippen LogP contribution < -0.4 is 15.3 Å². The first-order valence-corrected chi connectivity index (χ1v) is 12.1. The number of esters is 1. The molecule has 1 saturated heterocycles. The van der Waals surface area contributed by atoms with Crippen LogP contribution in [0.15, 0.2) is 71.3 Å². The second kappa shape index (κ2) is 8.68. The molecule has 1 fully saturated rings. The van der Waals surface area contributed by atoms with Crippen molar-refractivity contribution in [3.63, 3.8) is 0 Å². The first-order valence-electron chi connectivity index (χ1n) is 10.4. The molecular weight excluding hydrogens is 408 g/mol. The van der Waals surface area contributed by atoms with E-state index in [1.54, 1.807) is 0 Å². The Labute approximate surface area is 184 Å². The highest BCUT2D eigenvalue weighted by Crippen LogP contribution is 2.42. The van der Waals surface area contributed by atoms with Gasteiger partial charge in [-0.15, -0.1) is 0 Å². The molecule has 0 amide bonds. The molecule has 2 atom stereocenters. The number of methoxy groups -OCH3 is 1. The Morgan fingerprint density at radius 3 is 2.16 bits per heavy atom. The van der Waals surface area contributed by atoms with E-state index in [1.807, 2.05) is 17.0 Å². The molecule has 2 unspecified atom stereocenters. The SMILES string of the molecule is COC(=O)c1coc(N2CC(C(C)(C)C)C2O[SiH](c2ccccc2)c2ccccc2)n1. The Morgan fingerprint density at radius 2 is 1.65 bits per heavy atom. The molecule has 7 heteroatoms. The molecule has 6 nitrogen and oxygen atoms in total. The van der Waals surface area contributed by atoms with E-state index in [-0.39, 0.29) is 17.3 Å². The Bertz CT molecular complexity index is 977. The number of oxazole rings is 1. The van der Waals surface area contributed by atoms with E-state index >= 15 is 0 Å². The number of rotatable bonds is 6. The van der Waals surface area contributed by atoms with Crippen molar-refractivity contribution < 1.29 is 18.4 Å². The molecule has 3 aromatic rings. The van der Waals surface area contributed by atoms with Crippen LogP contribution in [0.1, 0.15) is 31.3 Å². The summed E-state index contributed by atoms with van der Waals surface area (Å²) in [6.45, 7) is 7.42. The quantitative estimate of drug-likeness (QED) is 0.437. The maximum absolute atomic E-state index is 11.8. The van der Waals surface area contributed by atoms with Crippen molar-refractivity contribution in [2.75, 3.05) is 18.6 Å². The minimum atomic E-state index is -1.97. The van der Waals surface area contributed by atoms with E-state index in [1.165, 1.54) is 23.7 Å². The third kappa shape index (κ3) is 4.43. The number of benzene rings is 2. The maximum atomic E-state index is 11.8. The molecule has 31 heavy (non-hydrogen) atoms. The summed E-state index contributed by atoms with van der Waals surface area (Å²) in [6.07, 6.45) is 1.15. The van der Waals surface area contributed by atoms with Gasteiger partial charge in [0.1, 0.15) is 12.5 Å². The lowest BCUT2D eigenvalue weighted by molar-refractivity contribution is 0.000390. The van der Waals surface area contributed by atoms with Gasteiger partial charge in [-0.2, -0.15) is 4.98 Å². The highest BCUT2D eigenvalue weighted by molar-refractivity contribution is 6.80. The van der Waals surface area contributed by atoms with Crippen LogP contribution in [-0.4, -0.2) is 39.9 Å². The molecule has 2 heterocycles. The second-order valence-electron chi connectivity index (χ2n) is 8.86. The summed E-state index contributed by atoms with van der Waals surface area (Å²) >= 11 is 0. The molecule has 4 rings (SSSR count). The van der Waals surface area contributed by atoms with Crippen LogP contribution in [0.3, 0.4) is 0 Å². The van der Waals surface area contributed by atoms with Crippen LogP contribution in [0.25, 0.3) is 0 Å². The van der Waals surface area contributed by atoms with E-state index in [0.29, 0.717) is 11.9 Å². The first kappa shape index (κ1) is 21.3. The van der Waals surface area contributed by atoms with Gasteiger partial charge < -0.3 is 18.5 Å². The Kier molecular flexibility index (Phi) is 5.98. The van der Waals surface area contributed by atoms with Gasteiger partial charge >= 0.3 is 5.97 Å². The van der Waals surface area contributed by atoms with Crippen LogP contribution in [-0.2, 0) is 9.16 Å². The van der Waals surface area contributed by atoms with E-state index < -0.39 is 15.0 Å². The molecule has 0 spiro atoms. The van der Waals surface area contributed by atoms with Gasteiger partial charge in [0.05, 0.1) is 7.11 Å². The number of aromatic nitrogens is 1. The number of ether oxygens (including phenoxy) is 1. The minimum absolute atomic E-state index is 0.0469. The topological polar surface area (TPSA) is 64.8 Å². The summed E-state index contributed by atoms with van der Waals surface area (Å²) in [7, 11) is -0.638. The van der Waals surface area contributed by atoms with Crippen LogP contribution in [0.4, 0.5) is 6.01 Å². The van der Waals surface area contributed by atoms with Crippen LogP contribution in [0.2, 0.25) is 0 Å². The third-order valence-corrected chi connectivity index (χ3v) is 8.30. The zero-order chi connectivity index (χ0) is 22.0. The Hall–Kier alpha value is -2.90. The lowest BCUT2D eigenvalue weighted by atomic mass is 9.74.